The molecule has 0 saturated heterocycles. The minimum atomic E-state index is -3.94. The Labute approximate surface area is 153 Å². The van der Waals surface area contributed by atoms with E-state index in [1.165, 1.54) is 19.2 Å². The van der Waals surface area contributed by atoms with Gasteiger partial charge in [0.1, 0.15) is 16.4 Å². The summed E-state index contributed by atoms with van der Waals surface area (Å²) in [6.07, 6.45) is 1.46. The summed E-state index contributed by atoms with van der Waals surface area (Å²) in [4.78, 5) is -0.306. The van der Waals surface area contributed by atoms with Gasteiger partial charge in [-0.2, -0.15) is 0 Å². The van der Waals surface area contributed by atoms with E-state index in [1.54, 1.807) is 13.2 Å². The summed E-state index contributed by atoms with van der Waals surface area (Å²) in [6.45, 7) is 0.141. The molecule has 0 aliphatic rings. The van der Waals surface area contributed by atoms with Crippen molar-refractivity contribution < 1.29 is 26.3 Å². The van der Waals surface area contributed by atoms with Gasteiger partial charge in [-0.15, -0.1) is 0 Å². The highest BCUT2D eigenvalue weighted by molar-refractivity contribution is 7.91. The Morgan fingerprint density at radius 3 is 2.31 bits per heavy atom. The number of rotatable bonds is 8. The van der Waals surface area contributed by atoms with Crippen molar-refractivity contribution in [2.45, 2.75) is 16.2 Å². The van der Waals surface area contributed by atoms with Gasteiger partial charge in [-0.3, -0.25) is 0 Å². The number of nitrogens with one attached hydrogen (secondary N) is 1. The molecular formula is C17H21NO6S2. The minimum absolute atomic E-state index is 0.0753. The lowest BCUT2D eigenvalue weighted by Gasteiger charge is -2.12. The first kappa shape index (κ1) is 20.2. The molecule has 26 heavy (non-hydrogen) atoms. The predicted molar refractivity (Wildman–Crippen MR) is 98.0 cm³/mol. The van der Waals surface area contributed by atoms with Gasteiger partial charge in [0.2, 0.25) is 10.0 Å². The number of hydrogen-bond donors (Lipinski definition) is 1. The van der Waals surface area contributed by atoms with Crippen molar-refractivity contribution in [3.8, 4) is 11.5 Å². The molecule has 0 amide bonds. The van der Waals surface area contributed by atoms with Crippen molar-refractivity contribution >= 4 is 19.9 Å². The highest BCUT2D eigenvalue weighted by Crippen LogP contribution is 2.26. The zero-order valence-electron chi connectivity index (χ0n) is 14.7. The molecule has 0 saturated carbocycles. The maximum absolute atomic E-state index is 12.6. The van der Waals surface area contributed by atoms with Crippen LogP contribution in [0.3, 0.4) is 0 Å². The standard InChI is InChI=1S/C17H21NO6S2/c1-23-14-6-4-5-13(11-14)9-10-18-26(21,22)17-12-15(25(3,19)20)7-8-16(17)24-2/h4-8,11-12,18H,9-10H2,1-3H3. The Balaban J connectivity index is 2.21. The summed E-state index contributed by atoms with van der Waals surface area (Å²) in [5.41, 5.74) is 0.906. The van der Waals surface area contributed by atoms with E-state index in [4.69, 9.17) is 9.47 Å². The van der Waals surface area contributed by atoms with Crippen molar-refractivity contribution in [2.75, 3.05) is 27.0 Å². The van der Waals surface area contributed by atoms with Gasteiger partial charge < -0.3 is 9.47 Å². The summed E-state index contributed by atoms with van der Waals surface area (Å²) in [7, 11) is -4.60. The Morgan fingerprint density at radius 2 is 1.69 bits per heavy atom. The molecule has 0 aromatic heterocycles. The third kappa shape index (κ3) is 4.96. The summed E-state index contributed by atoms with van der Waals surface area (Å²) in [5, 5.41) is 0. The number of hydrogen-bond acceptors (Lipinski definition) is 6. The zero-order valence-corrected chi connectivity index (χ0v) is 16.4. The van der Waals surface area contributed by atoms with E-state index in [0.717, 1.165) is 17.9 Å². The van der Waals surface area contributed by atoms with E-state index in [0.29, 0.717) is 12.2 Å². The fourth-order valence-electron chi connectivity index (χ4n) is 2.33. The zero-order chi connectivity index (χ0) is 19.4. The maximum atomic E-state index is 12.6. The summed E-state index contributed by atoms with van der Waals surface area (Å²) < 4.78 is 61.3. The number of benzene rings is 2. The van der Waals surface area contributed by atoms with Crippen molar-refractivity contribution in [2.24, 2.45) is 0 Å². The molecule has 0 radical (unpaired) electrons. The largest absolute Gasteiger partial charge is 0.497 e. The topological polar surface area (TPSA) is 98.8 Å². The quantitative estimate of drug-likeness (QED) is 0.724. The molecule has 0 bridgehead atoms. The monoisotopic (exact) mass is 399 g/mol. The second-order valence-electron chi connectivity index (χ2n) is 5.58. The van der Waals surface area contributed by atoms with Crippen LogP contribution in [0, 0.1) is 0 Å². The van der Waals surface area contributed by atoms with Crippen LogP contribution in [0.15, 0.2) is 52.3 Å². The molecule has 0 unspecified atom stereocenters. The molecule has 0 aliphatic carbocycles. The van der Waals surface area contributed by atoms with Crippen LogP contribution in [0.1, 0.15) is 5.56 Å². The number of methoxy groups -OCH3 is 2. The number of sulfonamides is 1. The lowest BCUT2D eigenvalue weighted by molar-refractivity contribution is 0.401. The molecule has 2 aromatic rings. The van der Waals surface area contributed by atoms with Crippen LogP contribution in [-0.2, 0) is 26.3 Å². The van der Waals surface area contributed by atoms with Crippen LogP contribution in [0.5, 0.6) is 11.5 Å². The van der Waals surface area contributed by atoms with E-state index in [2.05, 4.69) is 4.72 Å². The van der Waals surface area contributed by atoms with Crippen LogP contribution in [-0.4, -0.2) is 43.9 Å². The Morgan fingerprint density at radius 1 is 0.962 bits per heavy atom. The third-order valence-corrected chi connectivity index (χ3v) is 6.29. The van der Waals surface area contributed by atoms with Gasteiger partial charge in [0.15, 0.2) is 9.84 Å². The number of sulfone groups is 1. The van der Waals surface area contributed by atoms with Crippen LogP contribution in [0.2, 0.25) is 0 Å². The van der Waals surface area contributed by atoms with Crippen molar-refractivity contribution in [3.63, 3.8) is 0 Å². The molecule has 1 N–H and O–H groups in total. The van der Waals surface area contributed by atoms with Crippen LogP contribution in [0.25, 0.3) is 0 Å². The summed E-state index contributed by atoms with van der Waals surface area (Å²) >= 11 is 0. The third-order valence-electron chi connectivity index (χ3n) is 3.69. The molecule has 0 heterocycles. The first-order valence-electron chi connectivity index (χ1n) is 7.68. The van der Waals surface area contributed by atoms with Gasteiger partial charge in [0.05, 0.1) is 19.1 Å². The highest BCUT2D eigenvalue weighted by Gasteiger charge is 2.22. The van der Waals surface area contributed by atoms with E-state index in [-0.39, 0.29) is 22.1 Å². The average molecular weight is 399 g/mol. The minimum Gasteiger partial charge on any atom is -0.497 e. The molecule has 0 atom stereocenters. The predicted octanol–water partition coefficient (Wildman–Crippen LogP) is 1.63. The van der Waals surface area contributed by atoms with Crippen LogP contribution in [0.4, 0.5) is 0 Å². The fourth-order valence-corrected chi connectivity index (χ4v) is 4.28. The molecule has 0 aliphatic heterocycles. The smallest absolute Gasteiger partial charge is 0.244 e. The molecule has 9 heteroatoms. The van der Waals surface area contributed by atoms with Gasteiger partial charge in [-0.25, -0.2) is 21.6 Å². The Hall–Kier alpha value is -2.10. The second kappa shape index (κ2) is 8.07. The van der Waals surface area contributed by atoms with Crippen molar-refractivity contribution in [3.05, 3.63) is 48.0 Å². The van der Waals surface area contributed by atoms with Gasteiger partial charge in [0, 0.05) is 12.8 Å². The van der Waals surface area contributed by atoms with E-state index in [1.807, 2.05) is 18.2 Å². The van der Waals surface area contributed by atoms with Crippen molar-refractivity contribution in [1.29, 1.82) is 0 Å². The van der Waals surface area contributed by atoms with Crippen LogP contribution < -0.4 is 14.2 Å². The molecule has 2 rings (SSSR count). The molecule has 0 fully saturated rings. The molecule has 7 nitrogen and oxygen atoms in total. The number of ether oxygens (including phenoxy) is 2. The second-order valence-corrected chi connectivity index (χ2v) is 9.34. The van der Waals surface area contributed by atoms with Gasteiger partial charge in [-0.1, -0.05) is 12.1 Å². The lowest BCUT2D eigenvalue weighted by atomic mass is 10.1. The van der Waals surface area contributed by atoms with Gasteiger partial charge in [-0.05, 0) is 42.3 Å². The molecular weight excluding hydrogens is 378 g/mol. The molecule has 142 valence electrons. The average Bonchev–Trinajstić information content (AvgIpc) is 2.60. The first-order valence-corrected chi connectivity index (χ1v) is 11.1. The SMILES string of the molecule is COc1cccc(CCNS(=O)(=O)c2cc(S(C)(=O)=O)ccc2OC)c1. The van der Waals surface area contributed by atoms with Gasteiger partial charge in [0.25, 0.3) is 0 Å². The van der Waals surface area contributed by atoms with Gasteiger partial charge >= 0.3 is 0 Å². The summed E-state index contributed by atoms with van der Waals surface area (Å²) in [5.74, 6) is 0.763. The normalized spacial score (nSPS) is 12.0. The summed E-state index contributed by atoms with van der Waals surface area (Å²) in [6, 6.07) is 11.0. The molecule has 0 spiro atoms. The Kier molecular flexibility index (Phi) is 6.27. The Bertz CT molecular complexity index is 984. The highest BCUT2D eigenvalue weighted by atomic mass is 32.2. The van der Waals surface area contributed by atoms with E-state index in [9.17, 15) is 16.8 Å². The van der Waals surface area contributed by atoms with Crippen molar-refractivity contribution in [1.82, 2.24) is 4.72 Å². The first-order chi connectivity index (χ1) is 12.2. The maximum Gasteiger partial charge on any atom is 0.244 e. The van der Waals surface area contributed by atoms with E-state index < -0.39 is 19.9 Å². The van der Waals surface area contributed by atoms with E-state index >= 15 is 0 Å². The lowest BCUT2D eigenvalue weighted by Crippen LogP contribution is -2.26. The molecule has 2 aromatic carbocycles. The van der Waals surface area contributed by atoms with Crippen LogP contribution >= 0.6 is 0 Å². The fraction of sp³-hybridized carbons (Fsp3) is 0.294.